The SMILES string of the molecule is CCc1nc(N(CC)C2CCCCC2)sc1CNC1CC1. The predicted octanol–water partition coefficient (Wildman–Crippen LogP) is 4.12. The van der Waals surface area contributed by atoms with Gasteiger partial charge in [-0.05, 0) is 39.0 Å². The molecule has 3 nitrogen and oxygen atoms in total. The monoisotopic (exact) mass is 307 g/mol. The first kappa shape index (κ1) is 15.3. The molecule has 0 spiro atoms. The number of nitrogens with one attached hydrogen (secondary N) is 1. The number of nitrogens with zero attached hydrogens (tertiary/aromatic N) is 2. The summed E-state index contributed by atoms with van der Waals surface area (Å²) < 4.78 is 0. The molecule has 2 aliphatic rings. The fraction of sp³-hybridized carbons (Fsp3) is 0.824. The second-order valence-corrected chi connectivity index (χ2v) is 7.51. The van der Waals surface area contributed by atoms with Crippen LogP contribution in [0.1, 0.15) is 69.4 Å². The molecule has 0 unspecified atom stereocenters. The summed E-state index contributed by atoms with van der Waals surface area (Å²) in [6.45, 7) is 6.63. The van der Waals surface area contributed by atoms with Crippen molar-refractivity contribution in [3.05, 3.63) is 10.6 Å². The van der Waals surface area contributed by atoms with Gasteiger partial charge in [0.1, 0.15) is 0 Å². The lowest BCUT2D eigenvalue weighted by Crippen LogP contribution is -2.36. The molecule has 0 amide bonds. The zero-order valence-corrected chi connectivity index (χ0v) is 14.3. The molecular weight excluding hydrogens is 278 g/mol. The molecule has 118 valence electrons. The second-order valence-electron chi connectivity index (χ2n) is 6.45. The number of hydrogen-bond donors (Lipinski definition) is 1. The summed E-state index contributed by atoms with van der Waals surface area (Å²) in [7, 11) is 0. The molecule has 21 heavy (non-hydrogen) atoms. The van der Waals surface area contributed by atoms with Crippen LogP contribution in [0.5, 0.6) is 0 Å². The summed E-state index contributed by atoms with van der Waals surface area (Å²) in [5.74, 6) is 0. The van der Waals surface area contributed by atoms with Crippen LogP contribution in [0.4, 0.5) is 5.13 Å². The van der Waals surface area contributed by atoms with Crippen LogP contribution in [0.3, 0.4) is 0 Å². The highest BCUT2D eigenvalue weighted by Crippen LogP contribution is 2.32. The maximum atomic E-state index is 4.98. The van der Waals surface area contributed by atoms with E-state index in [4.69, 9.17) is 4.98 Å². The van der Waals surface area contributed by atoms with E-state index in [1.54, 1.807) is 0 Å². The molecule has 0 bridgehead atoms. The van der Waals surface area contributed by atoms with Crippen molar-refractivity contribution in [2.24, 2.45) is 0 Å². The second kappa shape index (κ2) is 7.10. The van der Waals surface area contributed by atoms with Gasteiger partial charge in [-0.15, -0.1) is 11.3 Å². The average molecular weight is 308 g/mol. The van der Waals surface area contributed by atoms with E-state index in [1.165, 1.54) is 60.6 Å². The van der Waals surface area contributed by atoms with Crippen molar-refractivity contribution in [2.75, 3.05) is 11.4 Å². The van der Waals surface area contributed by atoms with Gasteiger partial charge in [0.15, 0.2) is 5.13 Å². The Kier molecular flexibility index (Phi) is 5.17. The Morgan fingerprint density at radius 3 is 2.52 bits per heavy atom. The minimum Gasteiger partial charge on any atom is -0.345 e. The highest BCUT2D eigenvalue weighted by Gasteiger charge is 2.25. The van der Waals surface area contributed by atoms with Crippen LogP contribution in [0, 0.1) is 0 Å². The van der Waals surface area contributed by atoms with E-state index in [0.29, 0.717) is 0 Å². The zero-order chi connectivity index (χ0) is 14.7. The van der Waals surface area contributed by atoms with Crippen LogP contribution in [-0.4, -0.2) is 23.6 Å². The number of aromatic nitrogens is 1. The topological polar surface area (TPSA) is 28.2 Å². The van der Waals surface area contributed by atoms with Gasteiger partial charge < -0.3 is 10.2 Å². The largest absolute Gasteiger partial charge is 0.345 e. The van der Waals surface area contributed by atoms with E-state index >= 15 is 0 Å². The number of aryl methyl sites for hydroxylation is 1. The normalized spacial score (nSPS) is 19.9. The lowest BCUT2D eigenvalue weighted by Gasteiger charge is -2.33. The van der Waals surface area contributed by atoms with Gasteiger partial charge in [0, 0.05) is 30.1 Å². The predicted molar refractivity (Wildman–Crippen MR) is 91.2 cm³/mol. The molecule has 0 aliphatic heterocycles. The Bertz CT molecular complexity index is 447. The molecule has 1 N–H and O–H groups in total. The summed E-state index contributed by atoms with van der Waals surface area (Å²) in [6, 6.07) is 1.50. The minimum atomic E-state index is 0.726. The maximum absolute atomic E-state index is 4.98. The van der Waals surface area contributed by atoms with Gasteiger partial charge >= 0.3 is 0 Å². The summed E-state index contributed by atoms with van der Waals surface area (Å²) in [5.41, 5.74) is 1.32. The Labute approximate surface area is 133 Å². The lowest BCUT2D eigenvalue weighted by atomic mass is 9.94. The van der Waals surface area contributed by atoms with Crippen LogP contribution in [0.15, 0.2) is 0 Å². The van der Waals surface area contributed by atoms with Crippen LogP contribution in [0.25, 0.3) is 0 Å². The molecule has 0 aromatic carbocycles. The molecule has 2 fully saturated rings. The summed E-state index contributed by atoms with van der Waals surface area (Å²) in [6.07, 6.45) is 10.7. The molecule has 0 atom stereocenters. The van der Waals surface area contributed by atoms with Gasteiger partial charge in [-0.1, -0.05) is 26.2 Å². The quantitative estimate of drug-likeness (QED) is 0.821. The number of hydrogen-bond acceptors (Lipinski definition) is 4. The zero-order valence-electron chi connectivity index (χ0n) is 13.5. The van der Waals surface area contributed by atoms with E-state index in [1.807, 2.05) is 11.3 Å². The first-order valence-electron chi connectivity index (χ1n) is 8.80. The van der Waals surface area contributed by atoms with Crippen molar-refractivity contribution in [1.29, 1.82) is 0 Å². The highest BCUT2D eigenvalue weighted by atomic mass is 32.1. The van der Waals surface area contributed by atoms with E-state index in [-0.39, 0.29) is 0 Å². The third-order valence-electron chi connectivity index (χ3n) is 4.83. The standard InChI is InChI=1S/C17H29N3S/c1-3-15-16(12-18-13-10-11-13)21-17(19-15)20(4-2)14-8-6-5-7-9-14/h13-14,18H,3-12H2,1-2H3. The molecule has 2 saturated carbocycles. The lowest BCUT2D eigenvalue weighted by molar-refractivity contribution is 0.418. The van der Waals surface area contributed by atoms with Gasteiger partial charge in [0.25, 0.3) is 0 Å². The fourth-order valence-electron chi connectivity index (χ4n) is 3.37. The molecule has 2 aliphatic carbocycles. The smallest absolute Gasteiger partial charge is 0.186 e. The van der Waals surface area contributed by atoms with E-state index in [2.05, 4.69) is 24.1 Å². The Hall–Kier alpha value is -0.610. The first-order chi connectivity index (χ1) is 10.3. The fourth-order valence-corrected chi connectivity index (χ4v) is 4.61. The van der Waals surface area contributed by atoms with Crippen molar-refractivity contribution in [3.63, 3.8) is 0 Å². The maximum Gasteiger partial charge on any atom is 0.186 e. The van der Waals surface area contributed by atoms with Crippen molar-refractivity contribution in [2.45, 2.75) is 83.8 Å². The van der Waals surface area contributed by atoms with Gasteiger partial charge in [-0.3, -0.25) is 0 Å². The van der Waals surface area contributed by atoms with Crippen LogP contribution in [-0.2, 0) is 13.0 Å². The van der Waals surface area contributed by atoms with Crippen molar-refractivity contribution >= 4 is 16.5 Å². The van der Waals surface area contributed by atoms with E-state index in [9.17, 15) is 0 Å². The molecule has 1 aromatic rings. The molecule has 1 aromatic heterocycles. The average Bonchev–Trinajstić information content (AvgIpc) is 3.27. The van der Waals surface area contributed by atoms with E-state index < -0.39 is 0 Å². The molecule has 0 radical (unpaired) electrons. The van der Waals surface area contributed by atoms with E-state index in [0.717, 1.165) is 31.6 Å². The van der Waals surface area contributed by atoms with Crippen molar-refractivity contribution in [3.8, 4) is 0 Å². The number of anilines is 1. The van der Waals surface area contributed by atoms with Crippen LogP contribution in [0.2, 0.25) is 0 Å². The Morgan fingerprint density at radius 1 is 1.14 bits per heavy atom. The molecule has 1 heterocycles. The molecule has 0 saturated heterocycles. The molecule has 3 rings (SSSR count). The summed E-state index contributed by atoms with van der Waals surface area (Å²) >= 11 is 1.93. The summed E-state index contributed by atoms with van der Waals surface area (Å²) in [5, 5.41) is 4.92. The van der Waals surface area contributed by atoms with Crippen LogP contribution < -0.4 is 10.2 Å². The van der Waals surface area contributed by atoms with Gasteiger partial charge in [0.05, 0.1) is 5.69 Å². The number of rotatable bonds is 7. The van der Waals surface area contributed by atoms with Gasteiger partial charge in [-0.25, -0.2) is 4.98 Å². The summed E-state index contributed by atoms with van der Waals surface area (Å²) in [4.78, 5) is 9.02. The molecular formula is C17H29N3S. The Morgan fingerprint density at radius 2 is 1.90 bits per heavy atom. The molecule has 4 heteroatoms. The third-order valence-corrected chi connectivity index (χ3v) is 5.97. The van der Waals surface area contributed by atoms with Gasteiger partial charge in [0.2, 0.25) is 0 Å². The van der Waals surface area contributed by atoms with Crippen molar-refractivity contribution in [1.82, 2.24) is 10.3 Å². The van der Waals surface area contributed by atoms with Crippen molar-refractivity contribution < 1.29 is 0 Å². The van der Waals surface area contributed by atoms with Crippen LogP contribution >= 0.6 is 11.3 Å². The third kappa shape index (κ3) is 3.78. The minimum absolute atomic E-state index is 0.726. The Balaban J connectivity index is 1.72. The first-order valence-corrected chi connectivity index (χ1v) is 9.62. The van der Waals surface area contributed by atoms with Gasteiger partial charge in [-0.2, -0.15) is 0 Å². The number of thiazole rings is 1. The highest BCUT2D eigenvalue weighted by molar-refractivity contribution is 7.15.